The molecule has 0 unspecified atom stereocenters. The number of rotatable bonds is 6. The molecule has 0 aliphatic heterocycles. The Morgan fingerprint density at radius 2 is 1.84 bits per heavy atom. The Hall–Kier alpha value is -1.02. The number of ether oxygens (including phenoxy) is 1. The smallest absolute Gasteiger partial charge is 0.122 e. The lowest BCUT2D eigenvalue weighted by atomic mass is 9.84. The average molecular weight is 261 g/mol. The van der Waals surface area contributed by atoms with Crippen molar-refractivity contribution in [3.63, 3.8) is 0 Å². The summed E-state index contributed by atoms with van der Waals surface area (Å²) in [7, 11) is 4.21. The highest BCUT2D eigenvalue weighted by Crippen LogP contribution is 2.37. The molecule has 1 saturated carbocycles. The van der Waals surface area contributed by atoms with Gasteiger partial charge in [-0.3, -0.25) is 0 Å². The van der Waals surface area contributed by atoms with Crippen molar-refractivity contribution in [3.05, 3.63) is 29.8 Å². The second kappa shape index (κ2) is 7.54. The molecule has 1 aliphatic carbocycles. The van der Waals surface area contributed by atoms with Gasteiger partial charge in [0.15, 0.2) is 0 Å². The third-order valence-electron chi connectivity index (χ3n) is 3.97. The van der Waals surface area contributed by atoms with E-state index in [9.17, 15) is 0 Å². The average Bonchev–Trinajstić information content (AvgIpc) is 2.45. The van der Waals surface area contributed by atoms with Crippen molar-refractivity contribution in [1.82, 2.24) is 4.90 Å². The van der Waals surface area contributed by atoms with Gasteiger partial charge in [0, 0.05) is 6.54 Å². The molecule has 106 valence electrons. The van der Waals surface area contributed by atoms with Gasteiger partial charge in [0.05, 0.1) is 6.61 Å². The zero-order chi connectivity index (χ0) is 13.5. The molecule has 1 aliphatic rings. The van der Waals surface area contributed by atoms with Crippen molar-refractivity contribution in [2.45, 2.75) is 44.4 Å². The summed E-state index contributed by atoms with van der Waals surface area (Å²) in [6.45, 7) is 1.91. The first-order chi connectivity index (χ1) is 9.27. The standard InChI is InChI=1S/C17H27NO/c1-18(2)13-8-14-19-17-12-7-6-11-16(17)15-9-4-3-5-10-15/h6-7,11-12,15H,3-5,8-10,13-14H2,1-2H3. The van der Waals surface area contributed by atoms with E-state index >= 15 is 0 Å². The van der Waals surface area contributed by atoms with Gasteiger partial charge in [-0.15, -0.1) is 0 Å². The first-order valence-corrected chi connectivity index (χ1v) is 7.64. The van der Waals surface area contributed by atoms with Gasteiger partial charge in [0.1, 0.15) is 5.75 Å². The Morgan fingerprint density at radius 1 is 1.11 bits per heavy atom. The first-order valence-electron chi connectivity index (χ1n) is 7.64. The summed E-state index contributed by atoms with van der Waals surface area (Å²) < 4.78 is 6.01. The van der Waals surface area contributed by atoms with Gasteiger partial charge >= 0.3 is 0 Å². The van der Waals surface area contributed by atoms with Crippen LogP contribution in [0.2, 0.25) is 0 Å². The predicted molar refractivity (Wildman–Crippen MR) is 80.9 cm³/mol. The van der Waals surface area contributed by atoms with E-state index < -0.39 is 0 Å². The van der Waals surface area contributed by atoms with Crippen LogP contribution >= 0.6 is 0 Å². The molecule has 0 bridgehead atoms. The Kier molecular flexibility index (Phi) is 5.71. The van der Waals surface area contributed by atoms with Crippen LogP contribution in [0.5, 0.6) is 5.75 Å². The summed E-state index contributed by atoms with van der Waals surface area (Å²) >= 11 is 0. The molecular weight excluding hydrogens is 234 g/mol. The molecule has 1 aromatic rings. The van der Waals surface area contributed by atoms with Crippen LogP contribution < -0.4 is 4.74 Å². The highest BCUT2D eigenvalue weighted by atomic mass is 16.5. The van der Waals surface area contributed by atoms with E-state index in [0.29, 0.717) is 0 Å². The van der Waals surface area contributed by atoms with Gasteiger partial charge in [0.2, 0.25) is 0 Å². The fraction of sp³-hybridized carbons (Fsp3) is 0.647. The van der Waals surface area contributed by atoms with Crippen molar-refractivity contribution in [2.24, 2.45) is 0 Å². The highest BCUT2D eigenvalue weighted by Gasteiger charge is 2.18. The van der Waals surface area contributed by atoms with Crippen molar-refractivity contribution < 1.29 is 4.74 Å². The molecule has 2 rings (SSSR count). The number of nitrogens with zero attached hydrogens (tertiary/aromatic N) is 1. The fourth-order valence-corrected chi connectivity index (χ4v) is 2.93. The Morgan fingerprint density at radius 3 is 2.58 bits per heavy atom. The van der Waals surface area contributed by atoms with E-state index in [1.165, 1.54) is 37.7 Å². The predicted octanol–water partition coefficient (Wildman–Crippen LogP) is 4.06. The zero-order valence-electron chi connectivity index (χ0n) is 12.4. The third kappa shape index (κ3) is 4.54. The maximum absolute atomic E-state index is 6.01. The van der Waals surface area contributed by atoms with E-state index in [1.54, 1.807) is 0 Å². The normalized spacial score (nSPS) is 16.8. The van der Waals surface area contributed by atoms with E-state index in [1.807, 2.05) is 0 Å². The Balaban J connectivity index is 1.92. The van der Waals surface area contributed by atoms with Crippen molar-refractivity contribution >= 4 is 0 Å². The topological polar surface area (TPSA) is 12.5 Å². The van der Waals surface area contributed by atoms with Gasteiger partial charge in [-0.2, -0.15) is 0 Å². The van der Waals surface area contributed by atoms with Gasteiger partial charge < -0.3 is 9.64 Å². The molecule has 1 fully saturated rings. The molecule has 1 aromatic carbocycles. The van der Waals surface area contributed by atoms with E-state index in [2.05, 4.69) is 43.3 Å². The molecule has 0 atom stereocenters. The van der Waals surface area contributed by atoms with Crippen LogP contribution in [0.3, 0.4) is 0 Å². The lowest BCUT2D eigenvalue weighted by molar-refractivity contribution is 0.276. The number of para-hydroxylation sites is 1. The minimum absolute atomic E-state index is 0.721. The fourth-order valence-electron chi connectivity index (χ4n) is 2.93. The van der Waals surface area contributed by atoms with Gasteiger partial charge in [-0.25, -0.2) is 0 Å². The highest BCUT2D eigenvalue weighted by molar-refractivity contribution is 5.36. The van der Waals surface area contributed by atoms with E-state index in [0.717, 1.165) is 31.2 Å². The molecule has 0 aromatic heterocycles. The Labute approximate surface area is 117 Å². The van der Waals surface area contributed by atoms with E-state index in [-0.39, 0.29) is 0 Å². The summed E-state index contributed by atoms with van der Waals surface area (Å²) in [6, 6.07) is 8.64. The maximum Gasteiger partial charge on any atom is 0.122 e. The van der Waals surface area contributed by atoms with Crippen molar-refractivity contribution in [3.8, 4) is 5.75 Å². The third-order valence-corrected chi connectivity index (χ3v) is 3.97. The molecular formula is C17H27NO. The molecule has 0 spiro atoms. The minimum Gasteiger partial charge on any atom is -0.493 e. The van der Waals surface area contributed by atoms with Gasteiger partial charge in [0.25, 0.3) is 0 Å². The summed E-state index contributed by atoms with van der Waals surface area (Å²) in [5.41, 5.74) is 1.44. The summed E-state index contributed by atoms with van der Waals surface area (Å²) in [4.78, 5) is 2.20. The number of hydrogen-bond donors (Lipinski definition) is 0. The lowest BCUT2D eigenvalue weighted by Gasteiger charge is -2.24. The molecule has 2 heteroatoms. The van der Waals surface area contributed by atoms with Crippen LogP contribution in [-0.4, -0.2) is 32.1 Å². The van der Waals surface area contributed by atoms with Crippen LogP contribution in [0.4, 0.5) is 0 Å². The van der Waals surface area contributed by atoms with Crippen LogP contribution in [0.1, 0.15) is 50.0 Å². The number of benzene rings is 1. The molecule has 0 radical (unpaired) electrons. The summed E-state index contributed by atoms with van der Waals surface area (Å²) in [6.07, 6.45) is 7.91. The SMILES string of the molecule is CN(C)CCCOc1ccccc1C1CCCCC1. The van der Waals surface area contributed by atoms with Gasteiger partial charge in [-0.05, 0) is 50.9 Å². The van der Waals surface area contributed by atoms with Crippen LogP contribution in [0.25, 0.3) is 0 Å². The van der Waals surface area contributed by atoms with E-state index in [4.69, 9.17) is 4.74 Å². The van der Waals surface area contributed by atoms with Crippen LogP contribution in [-0.2, 0) is 0 Å². The minimum atomic E-state index is 0.721. The maximum atomic E-state index is 6.01. The lowest BCUT2D eigenvalue weighted by Crippen LogP contribution is -2.16. The van der Waals surface area contributed by atoms with Crippen molar-refractivity contribution in [1.29, 1.82) is 0 Å². The summed E-state index contributed by atoms with van der Waals surface area (Å²) in [5.74, 6) is 1.84. The van der Waals surface area contributed by atoms with Gasteiger partial charge in [-0.1, -0.05) is 37.5 Å². The molecule has 0 heterocycles. The first kappa shape index (κ1) is 14.4. The molecule has 0 N–H and O–H groups in total. The van der Waals surface area contributed by atoms with Crippen molar-refractivity contribution in [2.75, 3.05) is 27.2 Å². The second-order valence-electron chi connectivity index (χ2n) is 5.88. The summed E-state index contributed by atoms with van der Waals surface area (Å²) in [5, 5.41) is 0. The molecule has 2 nitrogen and oxygen atoms in total. The van der Waals surface area contributed by atoms with Crippen LogP contribution in [0, 0.1) is 0 Å². The van der Waals surface area contributed by atoms with Crippen LogP contribution in [0.15, 0.2) is 24.3 Å². The zero-order valence-corrected chi connectivity index (χ0v) is 12.4. The Bertz CT molecular complexity index is 369. The quantitative estimate of drug-likeness (QED) is 0.716. The molecule has 0 amide bonds. The molecule has 0 saturated heterocycles. The second-order valence-corrected chi connectivity index (χ2v) is 5.88. The largest absolute Gasteiger partial charge is 0.493 e. The monoisotopic (exact) mass is 261 g/mol. The molecule has 19 heavy (non-hydrogen) atoms. The number of hydrogen-bond acceptors (Lipinski definition) is 2.